The summed E-state index contributed by atoms with van der Waals surface area (Å²) in [4.78, 5) is 2.92. The van der Waals surface area contributed by atoms with Crippen LogP contribution in [-0.2, 0) is 0 Å². The molecule has 2 heterocycles. The highest BCUT2D eigenvalue weighted by Crippen LogP contribution is 2.46. The van der Waals surface area contributed by atoms with Gasteiger partial charge in [0.15, 0.2) is 0 Å². The predicted molar refractivity (Wildman–Crippen MR) is 90.0 cm³/mol. The van der Waals surface area contributed by atoms with Crippen molar-refractivity contribution in [3.63, 3.8) is 0 Å². The fraction of sp³-hybridized carbons (Fsp3) is 0.412. The molecule has 1 aromatic carbocycles. The molecule has 1 nitrogen and oxygen atoms in total. The van der Waals surface area contributed by atoms with Gasteiger partial charge >= 0.3 is 0 Å². The molecule has 1 aliphatic rings. The molecule has 0 fully saturated rings. The maximum absolute atomic E-state index is 3.79. The van der Waals surface area contributed by atoms with Crippen LogP contribution in [0.15, 0.2) is 40.6 Å². The van der Waals surface area contributed by atoms with E-state index in [2.05, 4.69) is 54.9 Å². The molecule has 2 unspecified atom stereocenters. The number of nitrogens with one attached hydrogen (secondary N) is 1. The summed E-state index contributed by atoms with van der Waals surface area (Å²) in [6, 6.07) is 11.7. The lowest BCUT2D eigenvalue weighted by atomic mass is 9.88. The Morgan fingerprint density at radius 1 is 1.30 bits per heavy atom. The first-order valence-corrected chi connectivity index (χ1v) is 9.17. The second kappa shape index (κ2) is 6.33. The third-order valence-electron chi connectivity index (χ3n) is 3.99. The van der Waals surface area contributed by atoms with Gasteiger partial charge in [0, 0.05) is 27.5 Å². The first-order valence-electron chi connectivity index (χ1n) is 7.30. The highest BCUT2D eigenvalue weighted by atomic mass is 32.2. The molecule has 0 bridgehead atoms. The van der Waals surface area contributed by atoms with Gasteiger partial charge in [0.05, 0.1) is 0 Å². The van der Waals surface area contributed by atoms with Gasteiger partial charge in [-0.2, -0.15) is 0 Å². The molecule has 0 amide bonds. The Balaban J connectivity index is 1.93. The minimum Gasteiger partial charge on any atom is -0.309 e. The minimum atomic E-state index is 0.456. The van der Waals surface area contributed by atoms with Crippen molar-refractivity contribution in [2.75, 3.05) is 12.3 Å². The van der Waals surface area contributed by atoms with Crippen molar-refractivity contribution >= 4 is 23.1 Å². The molecule has 1 N–H and O–H groups in total. The quantitative estimate of drug-likeness (QED) is 0.835. The Morgan fingerprint density at radius 2 is 2.15 bits per heavy atom. The number of hydrogen-bond donors (Lipinski definition) is 1. The summed E-state index contributed by atoms with van der Waals surface area (Å²) >= 11 is 3.86. The number of thiophene rings is 1. The van der Waals surface area contributed by atoms with Crippen LogP contribution in [0, 0.1) is 6.92 Å². The molecule has 106 valence electrons. The number of fused-ring (bicyclic) bond motifs is 1. The van der Waals surface area contributed by atoms with Crippen LogP contribution in [-0.4, -0.2) is 12.3 Å². The van der Waals surface area contributed by atoms with E-state index >= 15 is 0 Å². The molecule has 1 aromatic heterocycles. The van der Waals surface area contributed by atoms with Crippen LogP contribution in [0.2, 0.25) is 0 Å². The topological polar surface area (TPSA) is 12.0 Å². The van der Waals surface area contributed by atoms with Crippen molar-refractivity contribution in [3.8, 4) is 0 Å². The summed E-state index contributed by atoms with van der Waals surface area (Å²) in [7, 11) is 0. The Morgan fingerprint density at radius 3 is 2.90 bits per heavy atom. The lowest BCUT2D eigenvalue weighted by Crippen LogP contribution is -2.28. The molecular weight excluding hydrogens is 282 g/mol. The van der Waals surface area contributed by atoms with E-state index in [1.54, 1.807) is 0 Å². The number of hydrogen-bond acceptors (Lipinski definition) is 3. The molecule has 2 atom stereocenters. The average Bonchev–Trinajstić information content (AvgIpc) is 3.07. The van der Waals surface area contributed by atoms with Crippen LogP contribution >= 0.6 is 23.1 Å². The number of aryl methyl sites for hydroxylation is 1. The van der Waals surface area contributed by atoms with Crippen LogP contribution in [0.4, 0.5) is 0 Å². The van der Waals surface area contributed by atoms with Crippen LogP contribution in [0.3, 0.4) is 0 Å². The molecule has 1 aliphatic heterocycles. The minimum absolute atomic E-state index is 0.456. The summed E-state index contributed by atoms with van der Waals surface area (Å²) < 4.78 is 0. The summed E-state index contributed by atoms with van der Waals surface area (Å²) in [6.45, 7) is 5.57. The third kappa shape index (κ3) is 2.67. The summed E-state index contributed by atoms with van der Waals surface area (Å²) in [5.41, 5.74) is 3.02. The normalized spacial score (nSPS) is 19.0. The molecule has 3 rings (SSSR count). The van der Waals surface area contributed by atoms with E-state index in [1.807, 2.05) is 23.1 Å². The molecule has 0 aliphatic carbocycles. The van der Waals surface area contributed by atoms with Crippen molar-refractivity contribution < 1.29 is 0 Å². The molecule has 0 saturated carbocycles. The van der Waals surface area contributed by atoms with Crippen LogP contribution in [0.5, 0.6) is 0 Å². The lowest BCUT2D eigenvalue weighted by Gasteiger charge is -2.25. The molecule has 3 heteroatoms. The Kier molecular flexibility index (Phi) is 4.49. The maximum Gasteiger partial charge on any atom is 0.0409 e. The van der Waals surface area contributed by atoms with Gasteiger partial charge in [-0.25, -0.2) is 0 Å². The van der Waals surface area contributed by atoms with Gasteiger partial charge in [-0.15, -0.1) is 23.1 Å². The summed E-state index contributed by atoms with van der Waals surface area (Å²) in [6.07, 6.45) is 1.18. The first kappa shape index (κ1) is 14.2. The number of benzene rings is 1. The Labute approximate surface area is 129 Å². The van der Waals surface area contributed by atoms with Crippen molar-refractivity contribution in [3.05, 3.63) is 51.7 Å². The standard InChI is InChI=1S/C17H21NS2/c1-3-9-18-17(13-8-10-19-12(13)2)15-11-20-16-7-5-4-6-14(15)16/h4-8,10,15,17-18H,3,9,11H2,1-2H3. The van der Waals surface area contributed by atoms with Gasteiger partial charge in [0.2, 0.25) is 0 Å². The lowest BCUT2D eigenvalue weighted by molar-refractivity contribution is 0.471. The zero-order valence-corrected chi connectivity index (χ0v) is 13.7. The van der Waals surface area contributed by atoms with Gasteiger partial charge in [-0.3, -0.25) is 0 Å². The van der Waals surface area contributed by atoms with Gasteiger partial charge in [0.25, 0.3) is 0 Å². The fourth-order valence-corrected chi connectivity index (χ4v) is 4.99. The smallest absolute Gasteiger partial charge is 0.0409 e. The van der Waals surface area contributed by atoms with Crippen molar-refractivity contribution in [2.45, 2.75) is 37.1 Å². The Hall–Kier alpha value is -0.770. The second-order valence-corrected chi connectivity index (χ2v) is 7.50. The van der Waals surface area contributed by atoms with Crippen LogP contribution in [0.25, 0.3) is 0 Å². The van der Waals surface area contributed by atoms with Gasteiger partial charge < -0.3 is 5.32 Å². The zero-order valence-electron chi connectivity index (χ0n) is 12.1. The van der Waals surface area contributed by atoms with Gasteiger partial charge in [-0.05, 0) is 48.5 Å². The fourth-order valence-electron chi connectivity index (χ4n) is 2.95. The van der Waals surface area contributed by atoms with Crippen LogP contribution in [0.1, 0.15) is 41.3 Å². The molecular formula is C17H21NS2. The van der Waals surface area contributed by atoms with E-state index in [4.69, 9.17) is 0 Å². The monoisotopic (exact) mass is 303 g/mol. The van der Waals surface area contributed by atoms with E-state index in [0.717, 1.165) is 6.54 Å². The zero-order chi connectivity index (χ0) is 13.9. The van der Waals surface area contributed by atoms with E-state index in [-0.39, 0.29) is 0 Å². The Bertz CT molecular complexity index is 576. The highest BCUT2D eigenvalue weighted by molar-refractivity contribution is 7.99. The van der Waals surface area contributed by atoms with E-state index in [9.17, 15) is 0 Å². The van der Waals surface area contributed by atoms with Gasteiger partial charge in [-0.1, -0.05) is 25.1 Å². The summed E-state index contributed by atoms with van der Waals surface area (Å²) in [5.74, 6) is 1.78. The van der Waals surface area contributed by atoms with Crippen LogP contribution < -0.4 is 5.32 Å². The molecule has 20 heavy (non-hydrogen) atoms. The first-order chi connectivity index (χ1) is 9.81. The maximum atomic E-state index is 3.79. The molecule has 0 spiro atoms. The third-order valence-corrected chi connectivity index (χ3v) is 6.06. The van der Waals surface area contributed by atoms with E-state index in [0.29, 0.717) is 12.0 Å². The average molecular weight is 303 g/mol. The van der Waals surface area contributed by atoms with E-state index < -0.39 is 0 Å². The number of rotatable bonds is 5. The summed E-state index contributed by atoms with van der Waals surface area (Å²) in [5, 5.41) is 6.01. The van der Waals surface area contributed by atoms with E-state index in [1.165, 1.54) is 33.1 Å². The predicted octanol–water partition coefficient (Wildman–Crippen LogP) is 4.99. The molecule has 0 saturated heterocycles. The van der Waals surface area contributed by atoms with Crippen molar-refractivity contribution in [1.82, 2.24) is 5.32 Å². The highest BCUT2D eigenvalue weighted by Gasteiger charge is 2.31. The largest absolute Gasteiger partial charge is 0.309 e. The SMILES string of the molecule is CCCNC(c1ccsc1C)C1CSc2ccccc21. The van der Waals surface area contributed by atoms with Crippen molar-refractivity contribution in [2.24, 2.45) is 0 Å². The van der Waals surface area contributed by atoms with Gasteiger partial charge in [0.1, 0.15) is 0 Å². The molecule has 0 radical (unpaired) electrons. The van der Waals surface area contributed by atoms with Crippen molar-refractivity contribution in [1.29, 1.82) is 0 Å². The number of thioether (sulfide) groups is 1. The second-order valence-electron chi connectivity index (χ2n) is 5.32. The molecule has 2 aromatic rings.